The number of piperidine rings is 1. The molecule has 1 aliphatic heterocycles. The third-order valence-electron chi connectivity index (χ3n) is 3.83. The van der Waals surface area contributed by atoms with Gasteiger partial charge in [-0.05, 0) is 25.0 Å². The Morgan fingerprint density at radius 1 is 1.35 bits per heavy atom. The van der Waals surface area contributed by atoms with Gasteiger partial charge in [0.15, 0.2) is 11.6 Å². The fraction of sp³-hybridized carbons (Fsp3) is 0.400. The van der Waals surface area contributed by atoms with Crippen molar-refractivity contribution in [3.05, 3.63) is 42.5 Å². The van der Waals surface area contributed by atoms with Crippen LogP contribution in [0.5, 0.6) is 0 Å². The van der Waals surface area contributed by atoms with E-state index in [0.717, 1.165) is 25.0 Å². The fourth-order valence-corrected chi connectivity index (χ4v) is 2.70. The van der Waals surface area contributed by atoms with Gasteiger partial charge in [-0.1, -0.05) is 0 Å². The predicted octanol–water partition coefficient (Wildman–Crippen LogP) is 1.66. The number of aromatic nitrogens is 3. The summed E-state index contributed by atoms with van der Waals surface area (Å²) in [4.78, 5) is 17.8. The summed E-state index contributed by atoms with van der Waals surface area (Å²) in [6.45, 7) is 1.36. The van der Waals surface area contributed by atoms with Gasteiger partial charge >= 0.3 is 0 Å². The highest BCUT2D eigenvalue weighted by Crippen LogP contribution is 2.18. The van der Waals surface area contributed by atoms with E-state index in [0.29, 0.717) is 18.8 Å². The molecular weight excluding hydrogens is 304 g/mol. The number of amides is 1. The first-order valence-corrected chi connectivity index (χ1v) is 7.43. The normalized spacial score (nSPS) is 18.0. The van der Waals surface area contributed by atoms with Crippen LogP contribution in [0.2, 0.25) is 0 Å². The van der Waals surface area contributed by atoms with E-state index in [2.05, 4.69) is 15.4 Å². The van der Waals surface area contributed by atoms with Gasteiger partial charge in [0.1, 0.15) is 19.2 Å². The van der Waals surface area contributed by atoms with Gasteiger partial charge < -0.3 is 10.2 Å². The van der Waals surface area contributed by atoms with Gasteiger partial charge in [0.25, 0.3) is 0 Å². The first kappa shape index (κ1) is 15.4. The van der Waals surface area contributed by atoms with Crippen molar-refractivity contribution in [3.63, 3.8) is 0 Å². The van der Waals surface area contributed by atoms with Crippen molar-refractivity contribution < 1.29 is 13.6 Å². The summed E-state index contributed by atoms with van der Waals surface area (Å²) in [6, 6.07) is 3.72. The van der Waals surface area contributed by atoms with Gasteiger partial charge in [-0.15, -0.1) is 0 Å². The Kier molecular flexibility index (Phi) is 4.50. The minimum absolute atomic E-state index is 0.00769. The number of halogens is 2. The van der Waals surface area contributed by atoms with Crippen LogP contribution in [-0.4, -0.2) is 44.7 Å². The van der Waals surface area contributed by atoms with Crippen LogP contribution in [0.15, 0.2) is 30.9 Å². The second-order valence-corrected chi connectivity index (χ2v) is 5.55. The number of benzene rings is 1. The monoisotopic (exact) mass is 321 g/mol. The van der Waals surface area contributed by atoms with Crippen molar-refractivity contribution in [2.45, 2.75) is 25.4 Å². The molecule has 2 aromatic rings. The molecule has 0 aliphatic carbocycles. The lowest BCUT2D eigenvalue weighted by Crippen LogP contribution is -2.46. The number of nitrogens with one attached hydrogen (secondary N) is 1. The molecule has 0 bridgehead atoms. The number of rotatable bonds is 4. The number of carbonyl (C=O) groups is 1. The molecule has 1 aromatic heterocycles. The highest BCUT2D eigenvalue weighted by molar-refractivity contribution is 5.76. The zero-order valence-corrected chi connectivity index (χ0v) is 12.5. The summed E-state index contributed by atoms with van der Waals surface area (Å²) >= 11 is 0. The van der Waals surface area contributed by atoms with Gasteiger partial charge in [-0.2, -0.15) is 5.10 Å². The van der Waals surface area contributed by atoms with E-state index >= 15 is 0 Å². The quantitative estimate of drug-likeness (QED) is 0.930. The molecule has 3 rings (SSSR count). The first-order chi connectivity index (χ1) is 11.1. The molecule has 0 saturated carbocycles. The highest BCUT2D eigenvalue weighted by atomic mass is 19.2. The number of nitrogens with zero attached hydrogens (tertiary/aromatic N) is 4. The molecule has 2 heterocycles. The largest absolute Gasteiger partial charge is 0.380 e. The molecule has 1 aliphatic rings. The molecule has 23 heavy (non-hydrogen) atoms. The van der Waals surface area contributed by atoms with E-state index in [4.69, 9.17) is 0 Å². The maximum Gasteiger partial charge on any atom is 0.244 e. The number of likely N-dealkylation sites (tertiary alicyclic amines) is 1. The van der Waals surface area contributed by atoms with Crippen molar-refractivity contribution in [1.29, 1.82) is 0 Å². The lowest BCUT2D eigenvalue weighted by Gasteiger charge is -2.33. The van der Waals surface area contributed by atoms with Crippen LogP contribution >= 0.6 is 0 Å². The molecule has 1 N–H and O–H groups in total. The van der Waals surface area contributed by atoms with E-state index in [9.17, 15) is 13.6 Å². The van der Waals surface area contributed by atoms with Crippen LogP contribution in [0.1, 0.15) is 12.8 Å². The Morgan fingerprint density at radius 3 is 2.96 bits per heavy atom. The zero-order valence-electron chi connectivity index (χ0n) is 12.5. The molecule has 0 spiro atoms. The molecule has 1 atom stereocenters. The van der Waals surface area contributed by atoms with Crippen molar-refractivity contribution in [3.8, 4) is 0 Å². The van der Waals surface area contributed by atoms with E-state index in [1.165, 1.54) is 23.4 Å². The lowest BCUT2D eigenvalue weighted by atomic mass is 10.1. The van der Waals surface area contributed by atoms with Crippen molar-refractivity contribution in [1.82, 2.24) is 19.7 Å². The molecule has 6 nitrogen and oxygen atoms in total. The number of anilines is 1. The number of hydrogen-bond donors (Lipinski definition) is 1. The van der Waals surface area contributed by atoms with Crippen LogP contribution in [0.3, 0.4) is 0 Å². The third-order valence-corrected chi connectivity index (χ3v) is 3.83. The second-order valence-electron chi connectivity index (χ2n) is 5.55. The topological polar surface area (TPSA) is 63.1 Å². The summed E-state index contributed by atoms with van der Waals surface area (Å²) in [5.41, 5.74) is 0.513. The van der Waals surface area contributed by atoms with Crippen molar-refractivity contribution in [2.24, 2.45) is 0 Å². The molecule has 1 amide bonds. The molecule has 8 heteroatoms. The highest BCUT2D eigenvalue weighted by Gasteiger charge is 2.24. The van der Waals surface area contributed by atoms with E-state index in [1.807, 2.05) is 0 Å². The SMILES string of the molecule is O=C(Cn1cncn1)N1CCC[C@@H](Nc2ccc(F)c(F)c2)C1. The maximum absolute atomic E-state index is 13.3. The van der Waals surface area contributed by atoms with Gasteiger partial charge in [-0.25, -0.2) is 18.4 Å². The molecular formula is C15H17F2N5O. The Bertz CT molecular complexity index is 677. The Morgan fingerprint density at radius 2 is 2.22 bits per heavy atom. The molecule has 1 fully saturated rings. The summed E-state index contributed by atoms with van der Waals surface area (Å²) < 4.78 is 27.7. The van der Waals surface area contributed by atoms with Crippen molar-refractivity contribution >= 4 is 11.6 Å². The minimum atomic E-state index is -0.884. The average Bonchev–Trinajstić information content (AvgIpc) is 3.04. The van der Waals surface area contributed by atoms with E-state index in [1.54, 1.807) is 4.90 Å². The first-order valence-electron chi connectivity index (χ1n) is 7.43. The minimum Gasteiger partial charge on any atom is -0.380 e. The maximum atomic E-state index is 13.3. The lowest BCUT2D eigenvalue weighted by molar-refractivity contribution is -0.133. The Balaban J connectivity index is 1.59. The van der Waals surface area contributed by atoms with Crippen LogP contribution in [0, 0.1) is 11.6 Å². The van der Waals surface area contributed by atoms with Crippen molar-refractivity contribution in [2.75, 3.05) is 18.4 Å². The van der Waals surface area contributed by atoms with E-state index in [-0.39, 0.29) is 18.5 Å². The predicted molar refractivity (Wildman–Crippen MR) is 79.6 cm³/mol. The van der Waals surface area contributed by atoms with Gasteiger partial charge in [0, 0.05) is 30.9 Å². The average molecular weight is 321 g/mol. The third kappa shape index (κ3) is 3.82. The van der Waals surface area contributed by atoms with Gasteiger partial charge in [0.2, 0.25) is 5.91 Å². The van der Waals surface area contributed by atoms with Crippen LogP contribution in [0.4, 0.5) is 14.5 Å². The molecule has 122 valence electrons. The van der Waals surface area contributed by atoms with Crippen LogP contribution < -0.4 is 5.32 Å². The Hall–Kier alpha value is -2.51. The standard InChI is InChI=1S/C15H17F2N5O/c16-13-4-3-11(6-14(13)17)20-12-2-1-5-21(7-12)15(23)8-22-10-18-9-19-22/h3-4,6,9-10,12,20H,1-2,5,7-8H2/t12-/m1/s1. The number of hydrogen-bond acceptors (Lipinski definition) is 4. The number of carbonyl (C=O) groups excluding carboxylic acids is 1. The van der Waals surface area contributed by atoms with Gasteiger partial charge in [0.05, 0.1) is 0 Å². The van der Waals surface area contributed by atoms with E-state index < -0.39 is 11.6 Å². The molecule has 1 saturated heterocycles. The van der Waals surface area contributed by atoms with Gasteiger partial charge in [-0.3, -0.25) is 4.79 Å². The zero-order chi connectivity index (χ0) is 16.2. The summed E-state index contributed by atoms with van der Waals surface area (Å²) in [5, 5.41) is 7.08. The van der Waals surface area contributed by atoms with Crippen LogP contribution in [0.25, 0.3) is 0 Å². The Labute approximate surface area is 132 Å². The molecule has 0 radical (unpaired) electrons. The fourth-order valence-electron chi connectivity index (χ4n) is 2.70. The summed E-state index contributed by atoms with van der Waals surface area (Å²) in [7, 11) is 0. The summed E-state index contributed by atoms with van der Waals surface area (Å²) in [5.74, 6) is -1.79. The van der Waals surface area contributed by atoms with Crippen LogP contribution in [-0.2, 0) is 11.3 Å². The second kappa shape index (κ2) is 6.72. The molecule has 0 unspecified atom stereocenters. The smallest absolute Gasteiger partial charge is 0.244 e. The summed E-state index contributed by atoms with van der Waals surface area (Å²) in [6.07, 6.45) is 4.60. The molecule has 1 aromatic carbocycles.